The summed E-state index contributed by atoms with van der Waals surface area (Å²) < 4.78 is 40.3. The summed E-state index contributed by atoms with van der Waals surface area (Å²) >= 11 is 0. The Bertz CT molecular complexity index is 778. The number of hydrogen-bond donors (Lipinski definition) is 1. The molecule has 0 saturated heterocycles. The molecule has 1 aliphatic rings. The lowest BCUT2D eigenvalue weighted by Crippen LogP contribution is -2.56. The second kappa shape index (κ2) is 5.72. The van der Waals surface area contributed by atoms with Crippen molar-refractivity contribution >= 4 is 11.6 Å². The lowest BCUT2D eigenvalue weighted by Gasteiger charge is -2.32. The number of hydrogen-bond acceptors (Lipinski definition) is 4. The van der Waals surface area contributed by atoms with Crippen LogP contribution < -0.4 is 0 Å². The number of amides is 1. The predicted molar refractivity (Wildman–Crippen MR) is 79.0 cm³/mol. The highest BCUT2D eigenvalue weighted by Gasteiger charge is 2.63. The number of pyridine rings is 1. The van der Waals surface area contributed by atoms with Gasteiger partial charge in [-0.2, -0.15) is 23.3 Å². The lowest BCUT2D eigenvalue weighted by atomic mass is 10.0. The zero-order chi connectivity index (χ0) is 17.4. The number of benzene rings is 1. The van der Waals surface area contributed by atoms with E-state index in [9.17, 15) is 23.1 Å². The van der Waals surface area contributed by atoms with Gasteiger partial charge in [0.15, 0.2) is 0 Å². The van der Waals surface area contributed by atoms with E-state index in [-0.39, 0.29) is 16.3 Å². The van der Waals surface area contributed by atoms with E-state index in [0.717, 1.165) is 0 Å². The number of alkyl halides is 3. The first-order chi connectivity index (χ1) is 11.3. The molecule has 24 heavy (non-hydrogen) atoms. The molecule has 2 aromatic rings. The van der Waals surface area contributed by atoms with Crippen LogP contribution in [0.4, 0.5) is 13.2 Å². The van der Waals surface area contributed by atoms with Crippen molar-refractivity contribution in [2.24, 2.45) is 5.10 Å². The fraction of sp³-hybridized carbons (Fsp3) is 0.188. The van der Waals surface area contributed by atoms with E-state index in [1.165, 1.54) is 48.8 Å². The molecule has 1 N–H and O–H groups in total. The van der Waals surface area contributed by atoms with Crippen molar-refractivity contribution in [3.8, 4) is 0 Å². The second-order valence-corrected chi connectivity index (χ2v) is 5.26. The molecule has 0 unspecified atom stereocenters. The topological polar surface area (TPSA) is 65.8 Å². The van der Waals surface area contributed by atoms with Gasteiger partial charge in [0.2, 0.25) is 0 Å². The van der Waals surface area contributed by atoms with Gasteiger partial charge < -0.3 is 5.11 Å². The van der Waals surface area contributed by atoms with Crippen molar-refractivity contribution in [2.45, 2.75) is 18.3 Å². The minimum Gasteiger partial charge on any atom is -0.362 e. The van der Waals surface area contributed by atoms with Crippen molar-refractivity contribution in [1.29, 1.82) is 0 Å². The van der Waals surface area contributed by atoms with Crippen LogP contribution in [0.5, 0.6) is 0 Å². The van der Waals surface area contributed by atoms with Crippen molar-refractivity contribution in [3.05, 3.63) is 66.0 Å². The quantitative estimate of drug-likeness (QED) is 0.917. The summed E-state index contributed by atoms with van der Waals surface area (Å²) in [6.45, 7) is 0. The molecule has 5 nitrogen and oxygen atoms in total. The Morgan fingerprint density at radius 2 is 1.88 bits per heavy atom. The maximum atomic E-state index is 13.4. The van der Waals surface area contributed by atoms with E-state index >= 15 is 0 Å². The van der Waals surface area contributed by atoms with Crippen LogP contribution in [0, 0.1) is 0 Å². The fourth-order valence-electron chi connectivity index (χ4n) is 2.38. The molecule has 2 heterocycles. The predicted octanol–water partition coefficient (Wildman–Crippen LogP) is 2.58. The molecule has 124 valence electrons. The van der Waals surface area contributed by atoms with Crippen LogP contribution in [0.2, 0.25) is 0 Å². The van der Waals surface area contributed by atoms with Crippen molar-refractivity contribution < 1.29 is 23.1 Å². The van der Waals surface area contributed by atoms with Gasteiger partial charge in [-0.05, 0) is 18.2 Å². The van der Waals surface area contributed by atoms with E-state index in [1.807, 2.05) is 0 Å². The number of rotatable bonds is 2. The van der Waals surface area contributed by atoms with Crippen LogP contribution in [0.1, 0.15) is 22.3 Å². The molecule has 1 aromatic heterocycles. The molecular formula is C16H12F3N3O2. The Morgan fingerprint density at radius 3 is 2.46 bits per heavy atom. The first-order valence-corrected chi connectivity index (χ1v) is 6.99. The number of aliphatic hydroxyl groups is 1. The van der Waals surface area contributed by atoms with Crippen LogP contribution in [0.25, 0.3) is 0 Å². The first-order valence-electron chi connectivity index (χ1n) is 6.99. The Kier molecular flexibility index (Phi) is 3.84. The van der Waals surface area contributed by atoms with Crippen LogP contribution in [0.15, 0.2) is 60.0 Å². The summed E-state index contributed by atoms with van der Waals surface area (Å²) in [5.41, 5.74) is -3.16. The number of carbonyl (C=O) groups excluding carboxylic acids is 1. The number of carbonyl (C=O) groups is 1. The monoisotopic (exact) mass is 335 g/mol. The lowest BCUT2D eigenvalue weighted by molar-refractivity contribution is -0.297. The fourth-order valence-corrected chi connectivity index (χ4v) is 2.38. The molecular weight excluding hydrogens is 323 g/mol. The summed E-state index contributed by atoms with van der Waals surface area (Å²) in [5, 5.41) is 14.0. The third kappa shape index (κ3) is 2.65. The smallest absolute Gasteiger partial charge is 0.362 e. The molecule has 1 aromatic carbocycles. The minimum absolute atomic E-state index is 0.00337. The third-order valence-electron chi connectivity index (χ3n) is 3.65. The summed E-state index contributed by atoms with van der Waals surface area (Å²) in [6.07, 6.45) is -3.14. The van der Waals surface area contributed by atoms with Gasteiger partial charge in [-0.1, -0.05) is 24.3 Å². The maximum absolute atomic E-state index is 13.4. The SMILES string of the molecule is O=C(c1ccccc1)N1N=C(c2cccnc2)C[C@@]1(O)C(F)(F)F. The summed E-state index contributed by atoms with van der Waals surface area (Å²) in [5.74, 6) is -1.03. The van der Waals surface area contributed by atoms with Gasteiger partial charge >= 0.3 is 6.18 Å². The molecule has 0 bridgehead atoms. The van der Waals surface area contributed by atoms with Gasteiger partial charge in [0.25, 0.3) is 11.6 Å². The third-order valence-corrected chi connectivity index (χ3v) is 3.65. The largest absolute Gasteiger partial charge is 0.438 e. The van der Waals surface area contributed by atoms with Gasteiger partial charge in [0, 0.05) is 23.5 Å². The van der Waals surface area contributed by atoms with Crippen LogP contribution in [-0.4, -0.2) is 38.6 Å². The van der Waals surface area contributed by atoms with Gasteiger partial charge in [-0.25, -0.2) is 0 Å². The Labute approximate surface area is 135 Å². The average molecular weight is 335 g/mol. The molecule has 0 spiro atoms. The van der Waals surface area contributed by atoms with E-state index in [2.05, 4.69) is 10.1 Å². The van der Waals surface area contributed by atoms with Crippen molar-refractivity contribution in [1.82, 2.24) is 9.99 Å². The van der Waals surface area contributed by atoms with Gasteiger partial charge in [-0.3, -0.25) is 9.78 Å². The van der Waals surface area contributed by atoms with Crippen LogP contribution in [0.3, 0.4) is 0 Å². The zero-order valence-electron chi connectivity index (χ0n) is 12.2. The molecule has 0 saturated carbocycles. The van der Waals surface area contributed by atoms with Gasteiger partial charge in [0.1, 0.15) is 0 Å². The first kappa shape index (κ1) is 16.1. The van der Waals surface area contributed by atoms with Gasteiger partial charge in [0.05, 0.1) is 12.1 Å². The molecule has 0 fully saturated rings. The Hall–Kier alpha value is -2.74. The van der Waals surface area contributed by atoms with E-state index in [4.69, 9.17) is 0 Å². The molecule has 3 rings (SSSR count). The normalized spacial score (nSPS) is 20.8. The number of aromatic nitrogens is 1. The zero-order valence-corrected chi connectivity index (χ0v) is 12.2. The number of hydrazone groups is 1. The molecule has 1 aliphatic heterocycles. The highest BCUT2D eigenvalue weighted by Crippen LogP contribution is 2.41. The minimum atomic E-state index is -5.06. The van der Waals surface area contributed by atoms with Crippen molar-refractivity contribution in [3.63, 3.8) is 0 Å². The van der Waals surface area contributed by atoms with Crippen molar-refractivity contribution in [2.75, 3.05) is 0 Å². The molecule has 1 amide bonds. The average Bonchev–Trinajstić information content (AvgIpc) is 2.95. The molecule has 1 atom stereocenters. The molecule has 0 radical (unpaired) electrons. The van der Waals surface area contributed by atoms with Gasteiger partial charge in [-0.15, -0.1) is 0 Å². The second-order valence-electron chi connectivity index (χ2n) is 5.26. The van der Waals surface area contributed by atoms with E-state index < -0.39 is 24.2 Å². The Morgan fingerprint density at radius 1 is 1.17 bits per heavy atom. The van der Waals surface area contributed by atoms with Crippen LogP contribution >= 0.6 is 0 Å². The standard InChI is InChI=1S/C16H12F3N3O2/c17-16(18,19)15(24)9-13(12-7-4-8-20-10-12)21-22(15)14(23)11-5-2-1-3-6-11/h1-8,10,24H,9H2/t15-/m1/s1. The maximum Gasteiger partial charge on any atom is 0.438 e. The number of halogens is 3. The summed E-state index contributed by atoms with van der Waals surface area (Å²) in [6, 6.07) is 10.4. The van der Waals surface area contributed by atoms with E-state index in [0.29, 0.717) is 5.56 Å². The number of nitrogens with zero attached hydrogens (tertiary/aromatic N) is 3. The summed E-state index contributed by atoms with van der Waals surface area (Å²) in [4.78, 5) is 16.2. The highest BCUT2D eigenvalue weighted by atomic mass is 19.4. The molecule has 0 aliphatic carbocycles. The van der Waals surface area contributed by atoms with E-state index in [1.54, 1.807) is 6.07 Å². The molecule has 8 heteroatoms. The Balaban J connectivity index is 2.05. The van der Waals surface area contributed by atoms with Crippen LogP contribution in [-0.2, 0) is 0 Å². The highest BCUT2D eigenvalue weighted by molar-refractivity contribution is 6.05. The summed E-state index contributed by atoms with van der Waals surface area (Å²) in [7, 11) is 0.